The zero-order valence-electron chi connectivity index (χ0n) is 14.6. The second kappa shape index (κ2) is 7.41. The van der Waals surface area contributed by atoms with Crippen molar-refractivity contribution >= 4 is 11.5 Å². The van der Waals surface area contributed by atoms with Crippen LogP contribution in [-0.2, 0) is 0 Å². The van der Waals surface area contributed by atoms with E-state index in [1.807, 2.05) is 0 Å². The lowest BCUT2D eigenvalue weighted by atomic mass is 9.98. The lowest BCUT2D eigenvalue weighted by Crippen LogP contribution is -2.10. The molecule has 0 spiro atoms. The Bertz CT molecular complexity index is 1000. The quantitative estimate of drug-likeness (QED) is 0.691. The Morgan fingerprint density at radius 3 is 2.26 bits per heavy atom. The van der Waals surface area contributed by atoms with Gasteiger partial charge in [-0.3, -0.25) is 9.78 Å². The Balaban J connectivity index is 2.17. The van der Waals surface area contributed by atoms with Gasteiger partial charge in [-0.15, -0.1) is 0 Å². The van der Waals surface area contributed by atoms with Crippen molar-refractivity contribution in [2.75, 3.05) is 20.0 Å². The standard InChI is InChI=1S/C20H16F2N2O3/c1-26-15-4-3-5-16(27-2)17(15)19-18(23)13(8-9-24-19)20(25)12-7-6-11(21)10-14(12)22/h3-10H,23H2,1-2H3. The average Bonchev–Trinajstić information content (AvgIpc) is 2.67. The van der Waals surface area contributed by atoms with Crippen LogP contribution in [0.3, 0.4) is 0 Å². The summed E-state index contributed by atoms with van der Waals surface area (Å²) < 4.78 is 37.9. The van der Waals surface area contributed by atoms with E-state index in [1.54, 1.807) is 18.2 Å². The number of nitrogens with zero attached hydrogens (tertiary/aromatic N) is 1. The minimum Gasteiger partial charge on any atom is -0.496 e. The molecular formula is C20H16F2N2O3. The number of methoxy groups -OCH3 is 2. The first-order chi connectivity index (χ1) is 13.0. The lowest BCUT2D eigenvalue weighted by molar-refractivity contribution is 0.103. The Hall–Kier alpha value is -3.48. The van der Waals surface area contributed by atoms with Gasteiger partial charge in [0.05, 0.1) is 31.0 Å². The smallest absolute Gasteiger partial charge is 0.198 e. The zero-order chi connectivity index (χ0) is 19.6. The van der Waals surface area contributed by atoms with Crippen molar-refractivity contribution in [3.8, 4) is 22.8 Å². The molecule has 0 amide bonds. The molecule has 2 N–H and O–H groups in total. The molecule has 0 saturated heterocycles. The van der Waals surface area contributed by atoms with Crippen molar-refractivity contribution in [3.63, 3.8) is 0 Å². The second-order valence-electron chi connectivity index (χ2n) is 5.61. The number of halogens is 2. The van der Waals surface area contributed by atoms with Gasteiger partial charge in [-0.05, 0) is 30.3 Å². The van der Waals surface area contributed by atoms with Crippen LogP contribution in [0.5, 0.6) is 11.5 Å². The predicted octanol–water partition coefficient (Wildman–Crippen LogP) is 3.86. The molecule has 0 aliphatic rings. The Labute approximate surface area is 154 Å². The number of rotatable bonds is 5. The highest BCUT2D eigenvalue weighted by Gasteiger charge is 2.23. The molecule has 27 heavy (non-hydrogen) atoms. The van der Waals surface area contributed by atoms with Crippen LogP contribution in [0.15, 0.2) is 48.7 Å². The van der Waals surface area contributed by atoms with Gasteiger partial charge in [0.15, 0.2) is 5.78 Å². The van der Waals surface area contributed by atoms with Crippen molar-refractivity contribution in [1.29, 1.82) is 0 Å². The summed E-state index contributed by atoms with van der Waals surface area (Å²) in [7, 11) is 2.97. The number of pyridine rings is 1. The molecule has 5 nitrogen and oxygen atoms in total. The van der Waals surface area contributed by atoms with Crippen LogP contribution >= 0.6 is 0 Å². The number of carbonyl (C=O) groups is 1. The molecule has 0 bridgehead atoms. The van der Waals surface area contributed by atoms with Crippen molar-refractivity contribution < 1.29 is 23.0 Å². The summed E-state index contributed by atoms with van der Waals surface area (Å²) >= 11 is 0. The Morgan fingerprint density at radius 1 is 1.00 bits per heavy atom. The van der Waals surface area contributed by atoms with E-state index < -0.39 is 17.4 Å². The van der Waals surface area contributed by atoms with Gasteiger partial charge >= 0.3 is 0 Å². The minimum absolute atomic E-state index is 0.0361. The summed E-state index contributed by atoms with van der Waals surface area (Å²) in [5, 5.41) is 0. The number of hydrogen-bond donors (Lipinski definition) is 1. The van der Waals surface area contributed by atoms with Crippen LogP contribution in [0, 0.1) is 11.6 Å². The third-order valence-corrected chi connectivity index (χ3v) is 4.08. The maximum Gasteiger partial charge on any atom is 0.198 e. The SMILES string of the molecule is COc1cccc(OC)c1-c1nccc(C(=O)c2ccc(F)cc2F)c1N. The second-order valence-corrected chi connectivity index (χ2v) is 5.61. The van der Waals surface area contributed by atoms with Gasteiger partial charge < -0.3 is 15.2 Å². The number of benzene rings is 2. The third-order valence-electron chi connectivity index (χ3n) is 4.08. The van der Waals surface area contributed by atoms with Crippen LogP contribution in [0.4, 0.5) is 14.5 Å². The van der Waals surface area contributed by atoms with Gasteiger partial charge in [0.1, 0.15) is 28.8 Å². The molecule has 0 aliphatic heterocycles. The van der Waals surface area contributed by atoms with E-state index in [9.17, 15) is 13.6 Å². The Kier molecular flexibility index (Phi) is 5.03. The van der Waals surface area contributed by atoms with Crippen molar-refractivity contribution in [3.05, 3.63) is 71.4 Å². The van der Waals surface area contributed by atoms with Gasteiger partial charge in [0.25, 0.3) is 0 Å². The maximum absolute atomic E-state index is 14.0. The summed E-state index contributed by atoms with van der Waals surface area (Å²) in [5.41, 5.74) is 6.71. The molecule has 0 aliphatic carbocycles. The molecule has 1 heterocycles. The molecule has 3 rings (SSSR count). The zero-order valence-corrected chi connectivity index (χ0v) is 14.6. The number of ketones is 1. The summed E-state index contributed by atoms with van der Waals surface area (Å²) in [5.74, 6) is -1.52. The Morgan fingerprint density at radius 2 is 1.67 bits per heavy atom. The minimum atomic E-state index is -0.965. The third kappa shape index (κ3) is 3.31. The summed E-state index contributed by atoms with van der Waals surface area (Å²) in [6.45, 7) is 0. The largest absolute Gasteiger partial charge is 0.496 e. The highest BCUT2D eigenvalue weighted by molar-refractivity contribution is 6.13. The van der Waals surface area contributed by atoms with E-state index in [1.165, 1.54) is 26.5 Å². The number of ether oxygens (including phenoxy) is 2. The van der Waals surface area contributed by atoms with Gasteiger partial charge in [0, 0.05) is 17.8 Å². The number of aromatic nitrogens is 1. The van der Waals surface area contributed by atoms with E-state index in [-0.39, 0.29) is 22.5 Å². The average molecular weight is 370 g/mol. The fourth-order valence-corrected chi connectivity index (χ4v) is 2.77. The molecule has 1 aromatic heterocycles. The highest BCUT2D eigenvalue weighted by atomic mass is 19.1. The summed E-state index contributed by atoms with van der Waals surface area (Å²) in [6.07, 6.45) is 1.38. The summed E-state index contributed by atoms with van der Waals surface area (Å²) in [6, 6.07) is 9.26. The van der Waals surface area contributed by atoms with Gasteiger partial charge in [-0.25, -0.2) is 8.78 Å². The maximum atomic E-state index is 14.0. The van der Waals surface area contributed by atoms with Crippen molar-refractivity contribution in [1.82, 2.24) is 4.98 Å². The van der Waals surface area contributed by atoms with Crippen LogP contribution in [0.2, 0.25) is 0 Å². The first-order valence-corrected chi connectivity index (χ1v) is 7.93. The van der Waals surface area contributed by atoms with E-state index in [0.717, 1.165) is 12.1 Å². The molecule has 0 unspecified atom stereocenters. The van der Waals surface area contributed by atoms with Gasteiger partial charge in [0.2, 0.25) is 0 Å². The predicted molar refractivity (Wildman–Crippen MR) is 97.0 cm³/mol. The van der Waals surface area contributed by atoms with E-state index in [0.29, 0.717) is 23.1 Å². The molecule has 3 aromatic rings. The van der Waals surface area contributed by atoms with Crippen molar-refractivity contribution in [2.24, 2.45) is 0 Å². The van der Waals surface area contributed by atoms with Crippen LogP contribution in [-0.4, -0.2) is 25.0 Å². The van der Waals surface area contributed by atoms with E-state index >= 15 is 0 Å². The van der Waals surface area contributed by atoms with E-state index in [4.69, 9.17) is 15.2 Å². The highest BCUT2D eigenvalue weighted by Crippen LogP contribution is 2.40. The molecule has 2 aromatic carbocycles. The molecular weight excluding hydrogens is 354 g/mol. The number of hydrogen-bond acceptors (Lipinski definition) is 5. The van der Waals surface area contributed by atoms with Gasteiger partial charge in [-0.2, -0.15) is 0 Å². The summed E-state index contributed by atoms with van der Waals surface area (Å²) in [4.78, 5) is 17.0. The molecule has 7 heteroatoms. The fraction of sp³-hybridized carbons (Fsp3) is 0.100. The fourth-order valence-electron chi connectivity index (χ4n) is 2.77. The van der Waals surface area contributed by atoms with E-state index in [2.05, 4.69) is 4.98 Å². The molecule has 0 radical (unpaired) electrons. The van der Waals surface area contributed by atoms with Gasteiger partial charge in [-0.1, -0.05) is 6.07 Å². The number of nitrogen functional groups attached to an aromatic ring is 1. The lowest BCUT2D eigenvalue weighted by Gasteiger charge is -2.15. The molecule has 0 atom stereocenters. The molecule has 0 fully saturated rings. The number of carbonyl (C=O) groups excluding carboxylic acids is 1. The molecule has 0 saturated carbocycles. The van der Waals surface area contributed by atoms with Crippen molar-refractivity contribution in [2.45, 2.75) is 0 Å². The van der Waals surface area contributed by atoms with Crippen LogP contribution in [0.25, 0.3) is 11.3 Å². The first kappa shape index (κ1) is 18.3. The van der Waals surface area contributed by atoms with Crippen LogP contribution in [0.1, 0.15) is 15.9 Å². The molecule has 138 valence electrons. The number of anilines is 1. The normalized spacial score (nSPS) is 10.5. The topological polar surface area (TPSA) is 74.4 Å². The number of nitrogens with two attached hydrogens (primary N) is 1. The van der Waals surface area contributed by atoms with Crippen LogP contribution < -0.4 is 15.2 Å². The monoisotopic (exact) mass is 370 g/mol. The first-order valence-electron chi connectivity index (χ1n) is 7.93.